The van der Waals surface area contributed by atoms with E-state index >= 15 is 0 Å². The molecule has 1 rings (SSSR count). The van der Waals surface area contributed by atoms with E-state index in [9.17, 15) is 14.7 Å². The average Bonchev–Trinajstić information content (AvgIpc) is 2.65. The number of ketones is 1. The first-order valence-electron chi connectivity index (χ1n) is 6.99. The van der Waals surface area contributed by atoms with Crippen molar-refractivity contribution in [1.82, 2.24) is 5.32 Å². The molecule has 0 aromatic carbocycles. The van der Waals surface area contributed by atoms with Crippen LogP contribution in [-0.2, 0) is 9.59 Å². The summed E-state index contributed by atoms with van der Waals surface area (Å²) in [7, 11) is 0. The summed E-state index contributed by atoms with van der Waals surface area (Å²) in [5, 5.41) is 21.1. The molecule has 1 heterocycles. The van der Waals surface area contributed by atoms with Gasteiger partial charge in [0.15, 0.2) is 5.78 Å². The minimum atomic E-state index is -0.614. The van der Waals surface area contributed by atoms with Gasteiger partial charge in [0.2, 0.25) is 0 Å². The van der Waals surface area contributed by atoms with Crippen LogP contribution in [-0.4, -0.2) is 34.6 Å². The van der Waals surface area contributed by atoms with Crippen molar-refractivity contribution in [1.29, 1.82) is 0 Å². The molecule has 0 unspecified atom stereocenters. The van der Waals surface area contributed by atoms with E-state index in [2.05, 4.69) is 12.2 Å². The Kier molecular flexibility index (Phi) is 6.56. The van der Waals surface area contributed by atoms with E-state index in [1.807, 2.05) is 0 Å². The number of nitrogens with one attached hydrogen (secondary N) is 1. The molecule has 0 saturated carbocycles. The van der Waals surface area contributed by atoms with Crippen LogP contribution in [0.25, 0.3) is 0 Å². The fraction of sp³-hybridized carbons (Fsp3) is 0.714. The zero-order chi connectivity index (χ0) is 14.3. The molecule has 1 amide bonds. The van der Waals surface area contributed by atoms with E-state index in [4.69, 9.17) is 5.11 Å². The van der Waals surface area contributed by atoms with Gasteiger partial charge in [-0.3, -0.25) is 9.59 Å². The Hall–Kier alpha value is -1.36. The Balaban J connectivity index is 2.48. The predicted octanol–water partition coefficient (Wildman–Crippen LogP) is 1.61. The van der Waals surface area contributed by atoms with E-state index < -0.39 is 11.9 Å². The van der Waals surface area contributed by atoms with Crippen LogP contribution in [0.5, 0.6) is 0 Å². The highest BCUT2D eigenvalue weighted by molar-refractivity contribution is 6.21. The van der Waals surface area contributed by atoms with Gasteiger partial charge < -0.3 is 15.5 Å². The number of aliphatic hydroxyl groups is 2. The quantitative estimate of drug-likeness (QED) is 0.438. The van der Waals surface area contributed by atoms with Crippen LogP contribution in [0.15, 0.2) is 11.3 Å². The largest absolute Gasteiger partial charge is 0.509 e. The number of carbonyl (C=O) groups is 2. The van der Waals surface area contributed by atoms with Crippen LogP contribution in [0.4, 0.5) is 0 Å². The summed E-state index contributed by atoms with van der Waals surface area (Å²) in [4.78, 5) is 23.5. The Morgan fingerprint density at radius 1 is 1.26 bits per heavy atom. The van der Waals surface area contributed by atoms with Gasteiger partial charge >= 0.3 is 0 Å². The van der Waals surface area contributed by atoms with Gasteiger partial charge in [0.1, 0.15) is 11.3 Å². The van der Waals surface area contributed by atoms with Crippen molar-refractivity contribution in [3.8, 4) is 0 Å². The van der Waals surface area contributed by atoms with Crippen molar-refractivity contribution in [2.24, 2.45) is 0 Å². The van der Waals surface area contributed by atoms with Crippen molar-refractivity contribution in [2.75, 3.05) is 6.61 Å². The van der Waals surface area contributed by atoms with Crippen molar-refractivity contribution >= 4 is 11.7 Å². The number of amides is 1. The van der Waals surface area contributed by atoms with Crippen LogP contribution in [0.3, 0.4) is 0 Å². The first-order valence-corrected chi connectivity index (χ1v) is 6.99. The minimum Gasteiger partial charge on any atom is -0.509 e. The summed E-state index contributed by atoms with van der Waals surface area (Å²) in [6.07, 6.45) is 5.62. The highest BCUT2D eigenvalue weighted by atomic mass is 16.3. The third-order valence-electron chi connectivity index (χ3n) is 3.32. The summed E-state index contributed by atoms with van der Waals surface area (Å²) < 4.78 is 0. The maximum Gasteiger partial charge on any atom is 0.259 e. The molecule has 1 aliphatic rings. The highest BCUT2D eigenvalue weighted by Gasteiger charge is 2.34. The third-order valence-corrected chi connectivity index (χ3v) is 3.32. The number of rotatable bonds is 9. The third kappa shape index (κ3) is 4.35. The lowest BCUT2D eigenvalue weighted by Crippen LogP contribution is -2.30. The molecule has 5 heteroatoms. The summed E-state index contributed by atoms with van der Waals surface area (Å²) >= 11 is 0. The average molecular weight is 269 g/mol. The first kappa shape index (κ1) is 15.7. The molecule has 19 heavy (non-hydrogen) atoms. The number of Topliss-reactive ketones (excluding diaryl/α,β-unsaturated/α-hetero) is 1. The number of carbonyl (C=O) groups excluding carboxylic acids is 2. The fourth-order valence-corrected chi connectivity index (χ4v) is 2.21. The molecular formula is C14H23NO4. The molecule has 5 nitrogen and oxygen atoms in total. The molecule has 0 radical (unpaired) electrons. The Labute approximate surface area is 113 Å². The van der Waals surface area contributed by atoms with E-state index in [1.54, 1.807) is 0 Å². The SMILES string of the molecule is CCCCCCCC(=O)C1=C(O)[C@H](CCO)NC1=O. The van der Waals surface area contributed by atoms with Crippen molar-refractivity contribution < 1.29 is 19.8 Å². The zero-order valence-electron chi connectivity index (χ0n) is 11.4. The summed E-state index contributed by atoms with van der Waals surface area (Å²) in [6.45, 7) is 1.98. The number of aliphatic hydroxyl groups excluding tert-OH is 2. The van der Waals surface area contributed by atoms with Gasteiger partial charge in [-0.05, 0) is 12.8 Å². The molecule has 0 spiro atoms. The van der Waals surface area contributed by atoms with Gasteiger partial charge in [0, 0.05) is 13.0 Å². The Bertz CT molecular complexity index is 362. The van der Waals surface area contributed by atoms with E-state index in [-0.39, 0.29) is 30.1 Å². The number of hydrogen-bond donors (Lipinski definition) is 3. The van der Waals surface area contributed by atoms with Gasteiger partial charge in [-0.2, -0.15) is 0 Å². The Morgan fingerprint density at radius 2 is 1.95 bits per heavy atom. The van der Waals surface area contributed by atoms with Gasteiger partial charge in [-0.1, -0.05) is 32.6 Å². The van der Waals surface area contributed by atoms with Crippen LogP contribution in [0, 0.1) is 0 Å². The van der Waals surface area contributed by atoms with Crippen molar-refractivity contribution in [3.63, 3.8) is 0 Å². The smallest absolute Gasteiger partial charge is 0.259 e. The van der Waals surface area contributed by atoms with Gasteiger partial charge in [-0.25, -0.2) is 0 Å². The second kappa shape index (κ2) is 7.94. The summed E-state index contributed by atoms with van der Waals surface area (Å²) in [5.74, 6) is -1.03. The predicted molar refractivity (Wildman–Crippen MR) is 71.7 cm³/mol. The molecule has 1 aliphatic heterocycles. The highest BCUT2D eigenvalue weighted by Crippen LogP contribution is 2.20. The second-order valence-corrected chi connectivity index (χ2v) is 4.89. The molecule has 0 fully saturated rings. The lowest BCUT2D eigenvalue weighted by Gasteiger charge is -2.07. The topological polar surface area (TPSA) is 86.6 Å². The monoisotopic (exact) mass is 269 g/mol. The molecule has 3 N–H and O–H groups in total. The van der Waals surface area contributed by atoms with Crippen LogP contribution in [0.2, 0.25) is 0 Å². The molecule has 0 aromatic heterocycles. The van der Waals surface area contributed by atoms with Gasteiger partial charge in [0.05, 0.1) is 6.04 Å². The van der Waals surface area contributed by atoms with Gasteiger partial charge in [0.25, 0.3) is 5.91 Å². The molecule has 0 bridgehead atoms. The Morgan fingerprint density at radius 3 is 2.58 bits per heavy atom. The second-order valence-electron chi connectivity index (χ2n) is 4.89. The van der Waals surface area contributed by atoms with Crippen LogP contribution < -0.4 is 5.32 Å². The standard InChI is InChI=1S/C14H23NO4/c1-2-3-4-5-6-7-11(17)12-13(18)10(8-9-16)15-14(12)19/h10,16,18H,2-9H2,1H3,(H,15,19)/t10-/m0/s1. The summed E-state index contributed by atoms with van der Waals surface area (Å²) in [5.41, 5.74) is -0.117. The van der Waals surface area contributed by atoms with E-state index in [0.717, 1.165) is 32.1 Å². The molecule has 0 saturated heterocycles. The summed E-state index contributed by atoms with van der Waals surface area (Å²) in [6, 6.07) is -0.614. The van der Waals surface area contributed by atoms with E-state index in [0.29, 0.717) is 6.42 Å². The van der Waals surface area contributed by atoms with Gasteiger partial charge in [-0.15, -0.1) is 0 Å². The first-order chi connectivity index (χ1) is 9.11. The number of unbranched alkanes of at least 4 members (excludes halogenated alkanes) is 4. The maximum absolute atomic E-state index is 11.9. The normalized spacial score (nSPS) is 18.8. The van der Waals surface area contributed by atoms with Crippen molar-refractivity contribution in [2.45, 2.75) is 57.9 Å². The molecule has 0 aliphatic carbocycles. The molecular weight excluding hydrogens is 246 g/mol. The van der Waals surface area contributed by atoms with Crippen LogP contribution >= 0.6 is 0 Å². The lowest BCUT2D eigenvalue weighted by atomic mass is 10.0. The molecule has 0 aromatic rings. The van der Waals surface area contributed by atoms with Crippen LogP contribution in [0.1, 0.15) is 51.9 Å². The zero-order valence-corrected chi connectivity index (χ0v) is 11.4. The number of hydrogen-bond acceptors (Lipinski definition) is 4. The molecule has 1 atom stereocenters. The van der Waals surface area contributed by atoms with E-state index in [1.165, 1.54) is 0 Å². The lowest BCUT2D eigenvalue weighted by molar-refractivity contribution is -0.122. The molecule has 108 valence electrons. The fourth-order valence-electron chi connectivity index (χ4n) is 2.21. The minimum absolute atomic E-state index is 0.117. The maximum atomic E-state index is 11.9. The van der Waals surface area contributed by atoms with Crippen molar-refractivity contribution in [3.05, 3.63) is 11.3 Å².